The number of halogens is 3. The van der Waals surface area contributed by atoms with Crippen molar-refractivity contribution in [3.8, 4) is 5.69 Å². The fourth-order valence-corrected chi connectivity index (χ4v) is 3.65. The lowest BCUT2D eigenvalue weighted by Crippen LogP contribution is -2.15. The molecule has 0 bridgehead atoms. The molecule has 11 heteroatoms. The van der Waals surface area contributed by atoms with Crippen LogP contribution in [0.15, 0.2) is 35.5 Å². The van der Waals surface area contributed by atoms with E-state index in [-0.39, 0.29) is 33.7 Å². The monoisotopic (exact) mass is 411 g/mol. The smallest absolute Gasteiger partial charge is 0.365 e. The molecule has 0 aliphatic heterocycles. The van der Waals surface area contributed by atoms with Crippen LogP contribution in [-0.4, -0.2) is 39.7 Å². The lowest BCUT2D eigenvalue weighted by Gasteiger charge is -2.11. The third-order valence-corrected chi connectivity index (χ3v) is 6.14. The van der Waals surface area contributed by atoms with Crippen molar-refractivity contribution in [1.29, 1.82) is 0 Å². The quantitative estimate of drug-likeness (QED) is 0.694. The molecule has 1 saturated carbocycles. The molecular weight excluding hydrogens is 395 g/mol. The summed E-state index contributed by atoms with van der Waals surface area (Å²) in [5.41, 5.74) is 0.501. The second kappa shape index (κ2) is 6.43. The Labute approximate surface area is 158 Å². The van der Waals surface area contributed by atoms with Gasteiger partial charge in [0.2, 0.25) is 5.82 Å². The van der Waals surface area contributed by atoms with Gasteiger partial charge in [-0.25, -0.2) is 23.4 Å². The molecule has 0 spiro atoms. The third kappa shape index (κ3) is 3.41. The highest BCUT2D eigenvalue weighted by Crippen LogP contribution is 2.33. The number of anilines is 1. The fraction of sp³-hybridized carbons (Fsp3) is 0.353. The van der Waals surface area contributed by atoms with E-state index >= 15 is 0 Å². The Morgan fingerprint density at radius 3 is 2.64 bits per heavy atom. The number of alkyl halides is 3. The summed E-state index contributed by atoms with van der Waals surface area (Å²) in [6, 6.07) is 6.02. The molecule has 0 atom stereocenters. The molecule has 4 rings (SSSR count). The highest BCUT2D eigenvalue weighted by molar-refractivity contribution is 7.91. The van der Waals surface area contributed by atoms with E-state index in [1.54, 1.807) is 6.07 Å². The van der Waals surface area contributed by atoms with Crippen LogP contribution in [0.2, 0.25) is 0 Å². The fourth-order valence-electron chi connectivity index (χ4n) is 2.73. The number of rotatable bonds is 5. The van der Waals surface area contributed by atoms with E-state index in [0.29, 0.717) is 5.69 Å². The summed E-state index contributed by atoms with van der Waals surface area (Å²) < 4.78 is 65.5. The van der Waals surface area contributed by atoms with Crippen molar-refractivity contribution in [2.75, 3.05) is 11.1 Å². The number of hydrogen-bond donors (Lipinski definition) is 1. The zero-order valence-electron chi connectivity index (χ0n) is 14.7. The first-order chi connectivity index (χ1) is 13.2. The van der Waals surface area contributed by atoms with Crippen LogP contribution in [-0.2, 0) is 16.0 Å². The molecule has 148 valence electrons. The molecule has 1 N–H and O–H groups in total. The number of hydrogen-bond acceptors (Lipinski definition) is 6. The summed E-state index contributed by atoms with van der Waals surface area (Å²) in [6.45, 7) is 1.52. The summed E-state index contributed by atoms with van der Waals surface area (Å²) in [5, 5.41) is 2.96. The zero-order chi connectivity index (χ0) is 20.1. The summed E-state index contributed by atoms with van der Waals surface area (Å²) in [4.78, 5) is 11.5. The van der Waals surface area contributed by atoms with Crippen LogP contribution in [0, 0.1) is 0 Å². The lowest BCUT2D eigenvalue weighted by atomic mass is 10.3. The highest BCUT2D eigenvalue weighted by Gasteiger charge is 2.37. The average Bonchev–Trinajstić information content (AvgIpc) is 3.36. The summed E-state index contributed by atoms with van der Waals surface area (Å²) in [5.74, 6) is -1.34. The first-order valence-corrected chi connectivity index (χ1v) is 10.3. The molecule has 28 heavy (non-hydrogen) atoms. The molecule has 1 fully saturated rings. The highest BCUT2D eigenvalue weighted by atomic mass is 32.2. The molecule has 2 aromatic heterocycles. The minimum Gasteiger partial charge on any atom is -0.365 e. The third-order valence-electron chi connectivity index (χ3n) is 4.40. The van der Waals surface area contributed by atoms with Crippen molar-refractivity contribution in [2.24, 2.45) is 0 Å². The normalized spacial score (nSPS) is 15.1. The summed E-state index contributed by atoms with van der Waals surface area (Å²) >= 11 is 0. The van der Waals surface area contributed by atoms with Gasteiger partial charge in [0.25, 0.3) is 0 Å². The molecule has 1 aliphatic carbocycles. The van der Waals surface area contributed by atoms with Crippen LogP contribution in [0.4, 0.5) is 19.0 Å². The number of fused-ring (bicyclic) bond motifs is 1. The molecule has 0 unspecified atom stereocenters. The van der Waals surface area contributed by atoms with Gasteiger partial charge in [0.15, 0.2) is 26.8 Å². The Morgan fingerprint density at radius 1 is 1.25 bits per heavy atom. The van der Waals surface area contributed by atoms with Crippen LogP contribution < -0.4 is 5.32 Å². The van der Waals surface area contributed by atoms with Crippen molar-refractivity contribution in [3.63, 3.8) is 0 Å². The van der Waals surface area contributed by atoms with E-state index < -0.39 is 21.8 Å². The van der Waals surface area contributed by atoms with E-state index in [4.69, 9.17) is 0 Å². The van der Waals surface area contributed by atoms with Crippen molar-refractivity contribution >= 4 is 26.8 Å². The second-order valence-corrected chi connectivity index (χ2v) is 8.78. The first kappa shape index (κ1) is 18.7. The maximum Gasteiger partial charge on any atom is 0.451 e. The molecule has 2 heterocycles. The van der Waals surface area contributed by atoms with Crippen molar-refractivity contribution in [1.82, 2.24) is 19.5 Å². The number of aromatic nitrogens is 4. The number of nitrogens with one attached hydrogen (secondary N) is 1. The number of nitrogens with zero attached hydrogens (tertiary/aromatic N) is 4. The molecular formula is C17H16F3N5O2S. The zero-order valence-corrected chi connectivity index (χ0v) is 15.5. The van der Waals surface area contributed by atoms with Gasteiger partial charge in [-0.05, 0) is 31.0 Å². The molecule has 1 aliphatic rings. The van der Waals surface area contributed by atoms with Gasteiger partial charge in [0.1, 0.15) is 6.33 Å². The van der Waals surface area contributed by atoms with Gasteiger partial charge in [0.05, 0.1) is 10.6 Å². The van der Waals surface area contributed by atoms with Gasteiger partial charge >= 0.3 is 6.18 Å². The second-order valence-electron chi connectivity index (χ2n) is 6.50. The molecule has 3 aromatic rings. The largest absolute Gasteiger partial charge is 0.451 e. The van der Waals surface area contributed by atoms with E-state index in [9.17, 15) is 21.6 Å². The van der Waals surface area contributed by atoms with Crippen LogP contribution in [0.25, 0.3) is 16.9 Å². The molecule has 0 saturated heterocycles. The van der Waals surface area contributed by atoms with E-state index in [0.717, 1.165) is 12.8 Å². The average molecular weight is 411 g/mol. The molecule has 0 radical (unpaired) electrons. The first-order valence-electron chi connectivity index (χ1n) is 8.61. The topological polar surface area (TPSA) is 89.8 Å². The number of benzene rings is 1. The van der Waals surface area contributed by atoms with Crippen molar-refractivity contribution in [3.05, 3.63) is 36.4 Å². The minimum atomic E-state index is -4.73. The maximum atomic E-state index is 13.3. The SMILES string of the molecule is CCS(=O)(=O)c1cccc(-n2cnc3c(NC4CC4)nc(C(F)(F)F)nc32)c1. The predicted molar refractivity (Wildman–Crippen MR) is 96.0 cm³/mol. The standard InChI is InChI=1S/C17H16F3N5O2S/c1-2-28(26,27)12-5-3-4-11(8-12)25-9-21-13-14(22-10-6-7-10)23-16(17(18,19)20)24-15(13)25/h3-5,8-10H,2,6-7H2,1H3,(H,22,23,24). The molecule has 7 nitrogen and oxygen atoms in total. The van der Waals surface area contributed by atoms with E-state index in [2.05, 4.69) is 20.3 Å². The number of imidazole rings is 1. The van der Waals surface area contributed by atoms with E-state index in [1.165, 1.54) is 36.0 Å². The maximum absolute atomic E-state index is 13.3. The Hall–Kier alpha value is -2.69. The minimum absolute atomic E-state index is 0.0240. The van der Waals surface area contributed by atoms with Crippen LogP contribution >= 0.6 is 0 Å². The van der Waals surface area contributed by atoms with Gasteiger partial charge in [-0.3, -0.25) is 4.57 Å². The summed E-state index contributed by atoms with van der Waals surface area (Å²) in [6.07, 6.45) is -1.71. The Kier molecular flexibility index (Phi) is 4.29. The van der Waals surface area contributed by atoms with Gasteiger partial charge in [-0.1, -0.05) is 13.0 Å². The van der Waals surface area contributed by atoms with Crippen LogP contribution in [0.3, 0.4) is 0 Å². The van der Waals surface area contributed by atoms with Gasteiger partial charge in [0, 0.05) is 11.7 Å². The van der Waals surface area contributed by atoms with Gasteiger partial charge in [-0.2, -0.15) is 13.2 Å². The van der Waals surface area contributed by atoms with Gasteiger partial charge < -0.3 is 5.32 Å². The predicted octanol–water partition coefficient (Wildman–Crippen LogP) is 3.20. The lowest BCUT2D eigenvalue weighted by molar-refractivity contribution is -0.144. The molecule has 1 aromatic carbocycles. The summed E-state index contributed by atoms with van der Waals surface area (Å²) in [7, 11) is -3.47. The van der Waals surface area contributed by atoms with E-state index in [1.807, 2.05) is 0 Å². The Balaban J connectivity index is 1.90. The van der Waals surface area contributed by atoms with Crippen molar-refractivity contribution in [2.45, 2.75) is 36.9 Å². The Morgan fingerprint density at radius 2 is 2.00 bits per heavy atom. The van der Waals surface area contributed by atoms with Crippen LogP contribution in [0.1, 0.15) is 25.6 Å². The molecule has 0 amide bonds. The van der Waals surface area contributed by atoms with Crippen LogP contribution in [0.5, 0.6) is 0 Å². The Bertz CT molecular complexity index is 1150. The number of sulfone groups is 1. The van der Waals surface area contributed by atoms with Crippen molar-refractivity contribution < 1.29 is 21.6 Å². The van der Waals surface area contributed by atoms with Gasteiger partial charge in [-0.15, -0.1) is 0 Å².